The van der Waals surface area contributed by atoms with Gasteiger partial charge in [-0.3, -0.25) is 13.9 Å². The Morgan fingerprint density at radius 2 is 1.42 bits per heavy atom. The molecule has 232 valence electrons. The summed E-state index contributed by atoms with van der Waals surface area (Å²) in [6.07, 6.45) is 3.55. The van der Waals surface area contributed by atoms with Gasteiger partial charge in [0, 0.05) is 12.4 Å². The number of esters is 1. The lowest BCUT2D eigenvalue weighted by atomic mass is 10.1. The largest absolute Gasteiger partial charge is 0.459 e. The fourth-order valence-corrected chi connectivity index (χ4v) is 5.80. The topological polar surface area (TPSA) is 90.6 Å². The SMILES string of the molecule is Cc1ccc(Cn2c(=S)[nH]c3cccnc32)cc1.Cc1ccc(Cn2c(SC(C)C(=O)OC(C)(C)C)nc3cccnc32)cc1. The van der Waals surface area contributed by atoms with Gasteiger partial charge in [-0.1, -0.05) is 71.4 Å². The van der Waals surface area contributed by atoms with Crippen molar-refractivity contribution in [1.82, 2.24) is 29.1 Å². The number of hydrogen-bond donors (Lipinski definition) is 1. The van der Waals surface area contributed by atoms with E-state index >= 15 is 0 Å². The van der Waals surface area contributed by atoms with Crippen molar-refractivity contribution in [1.29, 1.82) is 0 Å². The number of hydrogen-bond acceptors (Lipinski definition) is 7. The summed E-state index contributed by atoms with van der Waals surface area (Å²) in [6.45, 7) is 13.0. The van der Waals surface area contributed by atoms with Gasteiger partial charge in [0.2, 0.25) is 0 Å². The van der Waals surface area contributed by atoms with Crippen LogP contribution in [-0.4, -0.2) is 45.9 Å². The molecule has 0 fully saturated rings. The predicted octanol–water partition coefficient (Wildman–Crippen LogP) is 8.06. The molecule has 4 aromatic heterocycles. The molecule has 1 N–H and O–H groups in total. The van der Waals surface area contributed by atoms with Gasteiger partial charge in [-0.15, -0.1) is 0 Å². The fraction of sp³-hybridized carbons (Fsp3) is 0.286. The van der Waals surface area contributed by atoms with Crippen LogP contribution in [0.4, 0.5) is 0 Å². The number of H-pyrrole nitrogens is 1. The number of ether oxygens (including phenoxy) is 1. The maximum absolute atomic E-state index is 12.4. The predicted molar refractivity (Wildman–Crippen MR) is 184 cm³/mol. The zero-order chi connectivity index (χ0) is 32.1. The molecule has 1 unspecified atom stereocenters. The molecule has 1 atom stereocenters. The van der Waals surface area contributed by atoms with Crippen molar-refractivity contribution in [2.45, 2.75) is 70.6 Å². The number of benzene rings is 2. The van der Waals surface area contributed by atoms with Gasteiger partial charge in [-0.2, -0.15) is 0 Å². The van der Waals surface area contributed by atoms with Crippen LogP contribution in [0, 0.1) is 18.6 Å². The second-order valence-corrected chi connectivity index (χ2v) is 13.7. The number of rotatable bonds is 7. The van der Waals surface area contributed by atoms with Gasteiger partial charge in [0.15, 0.2) is 21.2 Å². The van der Waals surface area contributed by atoms with Gasteiger partial charge >= 0.3 is 5.97 Å². The van der Waals surface area contributed by atoms with E-state index in [1.807, 2.05) is 56.5 Å². The molecule has 0 amide bonds. The van der Waals surface area contributed by atoms with Gasteiger partial charge in [0.05, 0.1) is 18.6 Å². The standard InChI is InChI=1S/C21H25N3O2S.C14H13N3S/c1-14-8-10-16(11-9-14)13-24-18-17(7-6-12-22-18)23-20(24)27-15(2)19(25)26-21(3,4)5;1-10-4-6-11(7-5-10)9-17-13-12(16-14(17)18)3-2-8-15-13/h6-12,15H,13H2,1-5H3;2-8H,9H2,1H3,(H,16,18). The van der Waals surface area contributed by atoms with Crippen LogP contribution < -0.4 is 0 Å². The first kappa shape index (κ1) is 32.1. The molecule has 0 spiro atoms. The van der Waals surface area contributed by atoms with E-state index in [1.165, 1.54) is 28.5 Å². The van der Waals surface area contributed by atoms with Crippen molar-refractivity contribution in [3.63, 3.8) is 0 Å². The number of thioether (sulfide) groups is 1. The van der Waals surface area contributed by atoms with Gasteiger partial charge in [0.1, 0.15) is 16.4 Å². The van der Waals surface area contributed by atoms with Gasteiger partial charge < -0.3 is 9.72 Å². The Hall–Kier alpha value is -4.28. The summed E-state index contributed by atoms with van der Waals surface area (Å²) < 4.78 is 10.3. The lowest BCUT2D eigenvalue weighted by molar-refractivity contribution is -0.153. The van der Waals surface area contributed by atoms with Crippen LogP contribution >= 0.6 is 24.0 Å². The van der Waals surface area contributed by atoms with Crippen LogP contribution in [0.15, 0.2) is 90.3 Å². The minimum atomic E-state index is -0.504. The molecule has 6 rings (SSSR count). The first-order valence-electron chi connectivity index (χ1n) is 14.8. The second-order valence-electron chi connectivity index (χ2n) is 12.0. The molecule has 8 nitrogen and oxygen atoms in total. The Labute approximate surface area is 272 Å². The van der Waals surface area contributed by atoms with Crippen molar-refractivity contribution in [2.75, 3.05) is 0 Å². The van der Waals surface area contributed by atoms with Gasteiger partial charge in [0.25, 0.3) is 0 Å². The summed E-state index contributed by atoms with van der Waals surface area (Å²) in [5.41, 5.74) is 7.90. The molecule has 0 saturated carbocycles. The van der Waals surface area contributed by atoms with E-state index in [9.17, 15) is 4.79 Å². The monoisotopic (exact) mass is 638 g/mol. The zero-order valence-corrected chi connectivity index (χ0v) is 28.1. The number of aryl methyl sites for hydroxylation is 2. The maximum Gasteiger partial charge on any atom is 0.319 e. The number of carbonyl (C=O) groups excluding carboxylic acids is 1. The molecule has 6 aromatic rings. The second kappa shape index (κ2) is 13.8. The zero-order valence-electron chi connectivity index (χ0n) is 26.4. The van der Waals surface area contributed by atoms with Crippen molar-refractivity contribution in [3.8, 4) is 0 Å². The summed E-state index contributed by atoms with van der Waals surface area (Å²) in [7, 11) is 0. The summed E-state index contributed by atoms with van der Waals surface area (Å²) in [4.78, 5) is 29.1. The van der Waals surface area contributed by atoms with E-state index < -0.39 is 5.60 Å². The highest BCUT2D eigenvalue weighted by molar-refractivity contribution is 8.00. The normalized spacial score (nSPS) is 12.1. The molecule has 0 bridgehead atoms. The van der Waals surface area contributed by atoms with Crippen LogP contribution in [0.25, 0.3) is 22.3 Å². The highest BCUT2D eigenvalue weighted by Gasteiger charge is 2.25. The Kier molecular flexibility index (Phi) is 9.84. The van der Waals surface area contributed by atoms with Crippen LogP contribution in [0.2, 0.25) is 0 Å². The minimum absolute atomic E-state index is 0.241. The molecular weight excluding hydrogens is 601 g/mol. The molecule has 4 heterocycles. The summed E-state index contributed by atoms with van der Waals surface area (Å²) in [5, 5.41) is 0.403. The molecule has 0 radical (unpaired) electrons. The van der Waals surface area contributed by atoms with E-state index in [2.05, 4.69) is 81.9 Å². The highest BCUT2D eigenvalue weighted by Crippen LogP contribution is 2.28. The third-order valence-electron chi connectivity index (χ3n) is 6.94. The molecule has 0 aliphatic rings. The first-order chi connectivity index (χ1) is 21.5. The van der Waals surface area contributed by atoms with Crippen molar-refractivity contribution < 1.29 is 9.53 Å². The number of pyridine rings is 2. The molecule has 0 aliphatic heterocycles. The van der Waals surface area contributed by atoms with Crippen molar-refractivity contribution in [3.05, 3.63) is 112 Å². The summed E-state index contributed by atoms with van der Waals surface area (Å²) >= 11 is 6.75. The molecular formula is C35H38N6O2S2. The number of aromatic amines is 1. The molecule has 45 heavy (non-hydrogen) atoms. The first-order valence-corrected chi connectivity index (χ1v) is 16.1. The molecule has 0 saturated heterocycles. The third-order valence-corrected chi connectivity index (χ3v) is 8.33. The number of nitrogens with one attached hydrogen (secondary N) is 1. The van der Waals surface area contributed by atoms with Crippen LogP contribution in [0.5, 0.6) is 0 Å². The summed E-state index contributed by atoms with van der Waals surface area (Å²) in [6, 6.07) is 24.6. The lowest BCUT2D eigenvalue weighted by Gasteiger charge is -2.22. The van der Waals surface area contributed by atoms with Gasteiger partial charge in [-0.25, -0.2) is 15.0 Å². The smallest absolute Gasteiger partial charge is 0.319 e. The van der Waals surface area contributed by atoms with E-state index in [0.717, 1.165) is 39.6 Å². The highest BCUT2D eigenvalue weighted by atomic mass is 32.2. The van der Waals surface area contributed by atoms with E-state index in [1.54, 1.807) is 12.4 Å². The number of carbonyl (C=O) groups is 1. The number of imidazole rings is 2. The van der Waals surface area contributed by atoms with E-state index in [4.69, 9.17) is 21.9 Å². The molecule has 10 heteroatoms. The lowest BCUT2D eigenvalue weighted by Crippen LogP contribution is -2.29. The Bertz CT molecular complexity index is 1970. The average molecular weight is 639 g/mol. The van der Waals surface area contributed by atoms with Crippen LogP contribution in [-0.2, 0) is 22.6 Å². The number of aromatic nitrogens is 6. The Morgan fingerprint density at radius 3 is 2.02 bits per heavy atom. The van der Waals surface area contributed by atoms with Gasteiger partial charge in [-0.05, 0) is 89.2 Å². The van der Waals surface area contributed by atoms with E-state index in [-0.39, 0.29) is 11.2 Å². The quantitative estimate of drug-likeness (QED) is 0.107. The fourth-order valence-electron chi connectivity index (χ4n) is 4.65. The average Bonchev–Trinajstić information content (AvgIpc) is 3.50. The number of nitrogens with zero attached hydrogens (tertiary/aromatic N) is 5. The Morgan fingerprint density at radius 1 is 0.867 bits per heavy atom. The maximum atomic E-state index is 12.4. The van der Waals surface area contributed by atoms with E-state index in [0.29, 0.717) is 11.3 Å². The van der Waals surface area contributed by atoms with Crippen LogP contribution in [0.3, 0.4) is 0 Å². The molecule has 0 aliphatic carbocycles. The Balaban J connectivity index is 0.000000192. The van der Waals surface area contributed by atoms with Crippen molar-refractivity contribution in [2.24, 2.45) is 0 Å². The number of fused-ring (bicyclic) bond motifs is 2. The molecule has 2 aromatic carbocycles. The minimum Gasteiger partial charge on any atom is -0.459 e. The summed E-state index contributed by atoms with van der Waals surface area (Å²) in [5.74, 6) is -0.241. The van der Waals surface area contributed by atoms with Crippen LogP contribution in [0.1, 0.15) is 49.9 Å². The van der Waals surface area contributed by atoms with Crippen molar-refractivity contribution >= 4 is 52.3 Å². The third kappa shape index (κ3) is 8.26.